The van der Waals surface area contributed by atoms with Crippen molar-refractivity contribution >= 4 is 0 Å². The number of rotatable bonds is 6. The Morgan fingerprint density at radius 2 is 2.13 bits per heavy atom. The smallest absolute Gasteiger partial charge is 0.141 e. The first-order valence-corrected chi connectivity index (χ1v) is 8.64. The van der Waals surface area contributed by atoms with Crippen LogP contribution >= 0.6 is 0 Å². The van der Waals surface area contributed by atoms with Gasteiger partial charge in [0.15, 0.2) is 0 Å². The Kier molecular flexibility index (Phi) is 5.01. The molecule has 1 aromatic carbocycles. The predicted molar refractivity (Wildman–Crippen MR) is 90.6 cm³/mol. The molecule has 1 fully saturated rings. The van der Waals surface area contributed by atoms with Crippen molar-refractivity contribution in [3.63, 3.8) is 0 Å². The molecule has 1 aromatic heterocycles. The van der Waals surface area contributed by atoms with E-state index in [1.54, 1.807) is 0 Å². The van der Waals surface area contributed by atoms with Crippen molar-refractivity contribution in [2.45, 2.75) is 52.6 Å². The molecule has 0 radical (unpaired) electrons. The summed E-state index contributed by atoms with van der Waals surface area (Å²) in [7, 11) is 0. The molecule has 1 aliphatic rings. The molecule has 1 aliphatic heterocycles. The molecular weight excluding hydrogens is 288 g/mol. The summed E-state index contributed by atoms with van der Waals surface area (Å²) in [5, 5.41) is 4.19. The summed E-state index contributed by atoms with van der Waals surface area (Å²) in [5.74, 6) is 2.04. The van der Waals surface area contributed by atoms with E-state index >= 15 is 0 Å². The van der Waals surface area contributed by atoms with Crippen LogP contribution < -0.4 is 4.74 Å². The summed E-state index contributed by atoms with van der Waals surface area (Å²) in [4.78, 5) is 2.54. The Balaban J connectivity index is 1.84. The van der Waals surface area contributed by atoms with Gasteiger partial charge in [-0.3, -0.25) is 4.90 Å². The number of hydrogen-bond donors (Lipinski definition) is 0. The molecule has 0 amide bonds. The molecule has 0 N–H and O–H groups in total. The van der Waals surface area contributed by atoms with E-state index in [-0.39, 0.29) is 0 Å². The fourth-order valence-electron chi connectivity index (χ4n) is 3.60. The van der Waals surface area contributed by atoms with Gasteiger partial charge in [-0.2, -0.15) is 0 Å². The van der Waals surface area contributed by atoms with E-state index in [1.165, 1.54) is 24.0 Å². The summed E-state index contributed by atoms with van der Waals surface area (Å²) in [5.41, 5.74) is 3.60. The minimum absolute atomic E-state index is 0.408. The zero-order valence-corrected chi connectivity index (χ0v) is 14.3. The van der Waals surface area contributed by atoms with Gasteiger partial charge in [-0.05, 0) is 39.3 Å². The summed E-state index contributed by atoms with van der Waals surface area (Å²) < 4.78 is 11.3. The molecular formula is C19H26N2O2. The quantitative estimate of drug-likeness (QED) is 0.797. The van der Waals surface area contributed by atoms with E-state index in [4.69, 9.17) is 9.26 Å². The average Bonchev–Trinajstić information content (AvgIpc) is 3.15. The maximum absolute atomic E-state index is 5.78. The third-order valence-electron chi connectivity index (χ3n) is 4.65. The first-order chi connectivity index (χ1) is 11.2. The van der Waals surface area contributed by atoms with Crippen LogP contribution in [0.15, 0.2) is 28.8 Å². The first kappa shape index (κ1) is 16.1. The molecule has 0 aliphatic carbocycles. The highest BCUT2D eigenvalue weighted by Crippen LogP contribution is 2.37. The average molecular weight is 314 g/mol. The molecule has 1 saturated heterocycles. The third-order valence-corrected chi connectivity index (χ3v) is 4.65. The van der Waals surface area contributed by atoms with Crippen LogP contribution in [-0.4, -0.2) is 23.2 Å². The zero-order valence-electron chi connectivity index (χ0n) is 14.3. The van der Waals surface area contributed by atoms with Crippen LogP contribution in [0.5, 0.6) is 5.75 Å². The van der Waals surface area contributed by atoms with E-state index in [0.29, 0.717) is 12.6 Å². The van der Waals surface area contributed by atoms with E-state index in [2.05, 4.69) is 42.1 Å². The van der Waals surface area contributed by atoms with Crippen molar-refractivity contribution in [1.29, 1.82) is 0 Å². The first-order valence-electron chi connectivity index (χ1n) is 8.64. The molecule has 4 nitrogen and oxygen atoms in total. The Morgan fingerprint density at radius 1 is 1.30 bits per heavy atom. The van der Waals surface area contributed by atoms with Gasteiger partial charge in [-0.15, -0.1) is 0 Å². The fraction of sp³-hybridized carbons (Fsp3) is 0.526. The second-order valence-electron chi connectivity index (χ2n) is 6.13. The molecule has 23 heavy (non-hydrogen) atoms. The topological polar surface area (TPSA) is 38.5 Å². The largest absolute Gasteiger partial charge is 0.494 e. The van der Waals surface area contributed by atoms with E-state index in [9.17, 15) is 0 Å². The summed E-state index contributed by atoms with van der Waals surface area (Å²) in [6, 6.07) is 8.76. The normalized spacial score (nSPS) is 18.5. The van der Waals surface area contributed by atoms with Gasteiger partial charge >= 0.3 is 0 Å². The van der Waals surface area contributed by atoms with Gasteiger partial charge in [0.25, 0.3) is 0 Å². The highest BCUT2D eigenvalue weighted by molar-refractivity contribution is 5.34. The third kappa shape index (κ3) is 3.27. The number of benzene rings is 1. The van der Waals surface area contributed by atoms with Crippen LogP contribution in [0.1, 0.15) is 55.3 Å². The predicted octanol–water partition coefficient (Wildman–Crippen LogP) is 4.28. The summed E-state index contributed by atoms with van der Waals surface area (Å²) in [6.07, 6.45) is 3.29. The van der Waals surface area contributed by atoms with E-state index in [1.807, 2.05) is 13.0 Å². The number of ether oxygens (including phenoxy) is 1. The Morgan fingerprint density at radius 3 is 2.91 bits per heavy atom. The number of nitrogens with zero attached hydrogens (tertiary/aromatic N) is 2. The number of hydrogen-bond acceptors (Lipinski definition) is 4. The lowest BCUT2D eigenvalue weighted by atomic mass is 10.0. The van der Waals surface area contributed by atoms with Crippen LogP contribution in [0.3, 0.4) is 0 Å². The van der Waals surface area contributed by atoms with Gasteiger partial charge in [0, 0.05) is 30.1 Å². The molecule has 2 heterocycles. The van der Waals surface area contributed by atoms with Gasteiger partial charge in [-0.1, -0.05) is 30.3 Å². The Bertz CT molecular complexity index is 651. The second kappa shape index (κ2) is 7.18. The standard InChI is InChI=1S/C19H26N2O2/c1-4-17-19(14(3)20-23-17)16-10-8-12-21(16)13-15-9-6-7-11-18(15)22-5-2/h6-7,9,11,16H,4-5,8,10,12-13H2,1-3H3/t16-/m1/s1. The van der Waals surface area contributed by atoms with Gasteiger partial charge in [0.05, 0.1) is 12.3 Å². The van der Waals surface area contributed by atoms with Gasteiger partial charge in [0.1, 0.15) is 11.5 Å². The lowest BCUT2D eigenvalue weighted by Crippen LogP contribution is -2.24. The van der Waals surface area contributed by atoms with Crippen molar-refractivity contribution in [2.75, 3.05) is 13.2 Å². The molecule has 0 saturated carbocycles. The van der Waals surface area contributed by atoms with Gasteiger partial charge < -0.3 is 9.26 Å². The molecule has 1 atom stereocenters. The minimum Gasteiger partial charge on any atom is -0.494 e. The zero-order chi connectivity index (χ0) is 16.2. The number of aryl methyl sites for hydroxylation is 2. The van der Waals surface area contributed by atoms with Crippen molar-refractivity contribution in [2.24, 2.45) is 0 Å². The maximum atomic E-state index is 5.78. The van der Waals surface area contributed by atoms with Crippen LogP contribution in [0.4, 0.5) is 0 Å². The lowest BCUT2D eigenvalue weighted by Gasteiger charge is -2.25. The SMILES string of the molecule is CCOc1ccccc1CN1CCC[C@@H]1c1c(C)noc1CC. The van der Waals surface area contributed by atoms with Crippen LogP contribution in [0.2, 0.25) is 0 Å². The lowest BCUT2D eigenvalue weighted by molar-refractivity contribution is 0.238. The highest BCUT2D eigenvalue weighted by atomic mass is 16.5. The number of likely N-dealkylation sites (tertiary alicyclic amines) is 1. The molecule has 0 spiro atoms. The summed E-state index contributed by atoms with van der Waals surface area (Å²) in [6.45, 7) is 8.94. The van der Waals surface area contributed by atoms with E-state index < -0.39 is 0 Å². The highest BCUT2D eigenvalue weighted by Gasteiger charge is 2.31. The summed E-state index contributed by atoms with van der Waals surface area (Å²) >= 11 is 0. The van der Waals surface area contributed by atoms with Crippen LogP contribution in [0.25, 0.3) is 0 Å². The minimum atomic E-state index is 0.408. The molecule has 124 valence electrons. The molecule has 4 heteroatoms. The fourth-order valence-corrected chi connectivity index (χ4v) is 3.60. The molecule has 3 rings (SSSR count). The van der Waals surface area contributed by atoms with Crippen LogP contribution in [-0.2, 0) is 13.0 Å². The van der Waals surface area contributed by atoms with Gasteiger partial charge in [0.2, 0.25) is 0 Å². The Labute approximate surface area is 138 Å². The van der Waals surface area contributed by atoms with E-state index in [0.717, 1.165) is 36.7 Å². The van der Waals surface area contributed by atoms with Crippen molar-refractivity contribution in [3.8, 4) is 5.75 Å². The molecule has 0 unspecified atom stereocenters. The number of aromatic nitrogens is 1. The van der Waals surface area contributed by atoms with Crippen molar-refractivity contribution in [3.05, 3.63) is 46.8 Å². The monoisotopic (exact) mass is 314 g/mol. The molecule has 2 aromatic rings. The Hall–Kier alpha value is -1.81. The van der Waals surface area contributed by atoms with Crippen LogP contribution in [0, 0.1) is 6.92 Å². The van der Waals surface area contributed by atoms with Crippen molar-refractivity contribution in [1.82, 2.24) is 10.1 Å². The van der Waals surface area contributed by atoms with Gasteiger partial charge in [-0.25, -0.2) is 0 Å². The number of para-hydroxylation sites is 1. The molecule has 0 bridgehead atoms. The second-order valence-corrected chi connectivity index (χ2v) is 6.13. The van der Waals surface area contributed by atoms with Crippen molar-refractivity contribution < 1.29 is 9.26 Å². The maximum Gasteiger partial charge on any atom is 0.141 e.